The van der Waals surface area contributed by atoms with Gasteiger partial charge in [-0.25, -0.2) is 9.97 Å². The van der Waals surface area contributed by atoms with Gasteiger partial charge in [0.05, 0.1) is 39.1 Å². The van der Waals surface area contributed by atoms with Crippen LogP contribution in [-0.2, 0) is 5.41 Å². The molecule has 7 heteroatoms. The van der Waals surface area contributed by atoms with Gasteiger partial charge in [0.25, 0.3) is 6.71 Å². The standard InChI is InChI=1S/C80H56BN5O/c1-80(2,3)57-47-68-74-70(48-57)87-71-50-73(85-66-43-25-21-39-60(66)61-40-22-26-44-67(61)85)83-78(55-35-17-8-18-36-55)76(71)81(74)75-69(49-72(82-77(75)54-33-15-7-16-34-54)84-64-41-23-19-37-58(64)59-38-20-24-42-65(59)84)86(68)79-62(52-29-11-5-12-30-52)45-56(51-27-9-4-10-28-51)46-63(79)53-31-13-6-14-32-53/h4-50H,1-3H3. The van der Waals surface area contributed by atoms with Gasteiger partial charge in [0.1, 0.15) is 23.1 Å². The number of benzene rings is 11. The molecule has 0 atom stereocenters. The molecule has 0 saturated heterocycles. The number of nitrogens with zero attached hydrogens (tertiary/aromatic N) is 5. The van der Waals surface area contributed by atoms with E-state index in [9.17, 15) is 0 Å². The summed E-state index contributed by atoms with van der Waals surface area (Å²) in [6.45, 7) is 6.50. The van der Waals surface area contributed by atoms with Crippen molar-refractivity contribution in [2.75, 3.05) is 4.90 Å². The summed E-state index contributed by atoms with van der Waals surface area (Å²) in [5, 5.41) is 4.67. The summed E-state index contributed by atoms with van der Waals surface area (Å²) in [5.74, 6) is 3.14. The highest BCUT2D eigenvalue weighted by Gasteiger charge is 2.48. The van der Waals surface area contributed by atoms with E-state index in [0.717, 1.165) is 140 Å². The van der Waals surface area contributed by atoms with Crippen molar-refractivity contribution in [3.8, 4) is 79.0 Å². The first-order valence-corrected chi connectivity index (χ1v) is 30.0. The molecule has 0 N–H and O–H groups in total. The lowest BCUT2D eigenvalue weighted by Crippen LogP contribution is -2.61. The van der Waals surface area contributed by atoms with Crippen molar-refractivity contribution < 1.29 is 4.74 Å². The molecule has 0 fully saturated rings. The minimum absolute atomic E-state index is 0.304. The normalized spacial score (nSPS) is 12.6. The minimum Gasteiger partial charge on any atom is -0.458 e. The lowest BCUT2D eigenvalue weighted by molar-refractivity contribution is 0.482. The van der Waals surface area contributed by atoms with Crippen LogP contribution in [0.4, 0.5) is 17.1 Å². The van der Waals surface area contributed by atoms with Crippen LogP contribution in [0.3, 0.4) is 0 Å². The molecule has 6 nitrogen and oxygen atoms in total. The van der Waals surface area contributed by atoms with Gasteiger partial charge in [-0.3, -0.25) is 9.13 Å². The zero-order valence-corrected chi connectivity index (χ0v) is 48.4. The molecule has 410 valence electrons. The van der Waals surface area contributed by atoms with Crippen molar-refractivity contribution in [1.29, 1.82) is 0 Å². The Balaban J connectivity index is 1.07. The number of para-hydroxylation sites is 4. The summed E-state index contributed by atoms with van der Waals surface area (Å²) in [7, 11) is 0. The molecule has 0 unspecified atom stereocenters. The summed E-state index contributed by atoms with van der Waals surface area (Å²) in [4.78, 5) is 14.6. The maximum absolute atomic E-state index is 7.81. The van der Waals surface area contributed by atoms with Gasteiger partial charge in [0.15, 0.2) is 0 Å². The molecule has 17 rings (SSSR count). The Labute approximate surface area is 505 Å². The van der Waals surface area contributed by atoms with Crippen LogP contribution in [0.1, 0.15) is 26.3 Å². The van der Waals surface area contributed by atoms with Gasteiger partial charge in [0.2, 0.25) is 0 Å². The fourth-order valence-corrected chi connectivity index (χ4v) is 14.0. The molecule has 6 heterocycles. The SMILES string of the molecule is CC(C)(C)c1cc2c3c(c1)N(c1c(-c4ccccc4)cc(-c4ccccc4)cc1-c1ccccc1)c1cc(-n4c5ccccc5c5ccccc54)nc(-c4ccccc4)c1B3c1c(cc(-n3c4ccccc4c4ccccc43)nc1-c1ccccc1)O2. The van der Waals surface area contributed by atoms with Crippen LogP contribution in [0.15, 0.2) is 285 Å². The molecule has 15 aromatic rings. The monoisotopic (exact) mass is 1110 g/mol. The summed E-state index contributed by atoms with van der Waals surface area (Å²) in [6, 6.07) is 103. The lowest BCUT2D eigenvalue weighted by atomic mass is 9.33. The smallest absolute Gasteiger partial charge is 0.262 e. The van der Waals surface area contributed by atoms with Crippen molar-refractivity contribution in [3.63, 3.8) is 0 Å². The minimum atomic E-state index is -0.437. The Bertz CT molecular complexity index is 5060. The maximum Gasteiger partial charge on any atom is 0.262 e. The van der Waals surface area contributed by atoms with Gasteiger partial charge < -0.3 is 9.64 Å². The van der Waals surface area contributed by atoms with Gasteiger partial charge in [-0.15, -0.1) is 0 Å². The van der Waals surface area contributed by atoms with Crippen LogP contribution in [0.5, 0.6) is 11.5 Å². The first-order valence-electron chi connectivity index (χ1n) is 30.0. The van der Waals surface area contributed by atoms with Gasteiger partial charge in [-0.05, 0) is 109 Å². The number of pyridine rings is 2. The lowest BCUT2D eigenvalue weighted by Gasteiger charge is -2.43. The van der Waals surface area contributed by atoms with E-state index in [1.807, 2.05) is 0 Å². The number of aromatic nitrogens is 4. The van der Waals surface area contributed by atoms with E-state index in [-0.39, 0.29) is 5.41 Å². The number of hydrogen-bond acceptors (Lipinski definition) is 4. The average Bonchev–Trinajstić information content (AvgIpc) is 1.32. The number of anilines is 3. The quantitative estimate of drug-likeness (QED) is 0.142. The number of ether oxygens (including phenoxy) is 1. The summed E-state index contributed by atoms with van der Waals surface area (Å²) >= 11 is 0. The Morgan fingerprint density at radius 2 is 0.701 bits per heavy atom. The first-order chi connectivity index (χ1) is 42.8. The topological polar surface area (TPSA) is 48.1 Å². The Hall–Kier alpha value is -11.0. The zero-order valence-electron chi connectivity index (χ0n) is 48.4. The highest BCUT2D eigenvalue weighted by Crippen LogP contribution is 2.53. The van der Waals surface area contributed by atoms with Crippen LogP contribution >= 0.6 is 0 Å². The van der Waals surface area contributed by atoms with Crippen LogP contribution < -0.4 is 26.0 Å². The van der Waals surface area contributed by atoms with E-state index in [1.165, 1.54) is 21.5 Å². The molecule has 0 amide bonds. The Morgan fingerprint density at radius 1 is 0.333 bits per heavy atom. The van der Waals surface area contributed by atoms with E-state index in [0.29, 0.717) is 0 Å². The first kappa shape index (κ1) is 50.5. The Kier molecular flexibility index (Phi) is 11.5. The van der Waals surface area contributed by atoms with Crippen molar-refractivity contribution in [1.82, 2.24) is 19.1 Å². The second kappa shape index (κ2) is 19.8. The zero-order chi connectivity index (χ0) is 57.9. The second-order valence-corrected chi connectivity index (χ2v) is 24.0. The highest BCUT2D eigenvalue weighted by atomic mass is 16.5. The second-order valence-electron chi connectivity index (χ2n) is 24.0. The Morgan fingerprint density at radius 3 is 1.15 bits per heavy atom. The van der Waals surface area contributed by atoms with E-state index >= 15 is 0 Å². The molecular formula is C80H56BN5O. The van der Waals surface area contributed by atoms with Crippen LogP contribution in [0.2, 0.25) is 0 Å². The van der Waals surface area contributed by atoms with Gasteiger partial charge >= 0.3 is 0 Å². The van der Waals surface area contributed by atoms with Crippen LogP contribution in [-0.4, -0.2) is 25.8 Å². The van der Waals surface area contributed by atoms with Crippen molar-refractivity contribution >= 4 is 83.8 Å². The molecule has 4 aromatic heterocycles. The van der Waals surface area contributed by atoms with E-state index in [2.05, 4.69) is 320 Å². The predicted molar refractivity (Wildman–Crippen MR) is 362 cm³/mol. The maximum atomic E-state index is 7.81. The molecule has 0 radical (unpaired) electrons. The van der Waals surface area contributed by atoms with E-state index < -0.39 is 6.71 Å². The largest absolute Gasteiger partial charge is 0.458 e. The number of fused-ring (bicyclic) bond motifs is 10. The van der Waals surface area contributed by atoms with Crippen molar-refractivity contribution in [3.05, 3.63) is 291 Å². The molecule has 2 aliphatic heterocycles. The molecule has 0 saturated carbocycles. The van der Waals surface area contributed by atoms with Gasteiger partial charge in [-0.2, -0.15) is 0 Å². The van der Waals surface area contributed by atoms with E-state index in [4.69, 9.17) is 14.7 Å². The number of rotatable bonds is 8. The van der Waals surface area contributed by atoms with Crippen LogP contribution in [0.25, 0.3) is 111 Å². The fourth-order valence-electron chi connectivity index (χ4n) is 14.0. The van der Waals surface area contributed by atoms with Crippen molar-refractivity contribution in [2.24, 2.45) is 0 Å². The summed E-state index contributed by atoms with van der Waals surface area (Å²) < 4.78 is 12.5. The van der Waals surface area contributed by atoms with E-state index in [1.54, 1.807) is 0 Å². The molecule has 11 aromatic carbocycles. The molecule has 87 heavy (non-hydrogen) atoms. The summed E-state index contributed by atoms with van der Waals surface area (Å²) in [6.07, 6.45) is 0. The molecule has 0 bridgehead atoms. The fraction of sp³-hybridized carbons (Fsp3) is 0.0500. The third-order valence-electron chi connectivity index (χ3n) is 17.9. The van der Waals surface area contributed by atoms with Gasteiger partial charge in [0, 0.05) is 56.2 Å². The third-order valence-corrected chi connectivity index (χ3v) is 17.9. The summed E-state index contributed by atoms with van der Waals surface area (Å²) in [5.41, 5.74) is 21.7. The third kappa shape index (κ3) is 8.03. The average molecular weight is 1110 g/mol. The van der Waals surface area contributed by atoms with Crippen molar-refractivity contribution in [2.45, 2.75) is 26.2 Å². The molecule has 0 aliphatic carbocycles. The molecular weight excluding hydrogens is 1060 g/mol. The molecule has 2 aliphatic rings. The van der Waals surface area contributed by atoms with Crippen LogP contribution in [0, 0.1) is 0 Å². The van der Waals surface area contributed by atoms with Gasteiger partial charge in [-0.1, -0.05) is 245 Å². The highest BCUT2D eigenvalue weighted by molar-refractivity contribution is 7.00. The molecule has 0 spiro atoms. The predicted octanol–water partition coefficient (Wildman–Crippen LogP) is 18.7. The number of hydrogen-bond donors (Lipinski definition) is 0.